The third-order valence-corrected chi connectivity index (χ3v) is 4.23. The number of carbonyl (C=O) groups excluding carboxylic acids is 1. The largest absolute Gasteiger partial charge is 0.378 e. The highest BCUT2D eigenvalue weighted by molar-refractivity contribution is 9.10. The minimum Gasteiger partial charge on any atom is -0.378 e. The first kappa shape index (κ1) is 16.2. The number of hydrogen-bond donors (Lipinski definition) is 1. The normalized spacial score (nSPS) is 14.6. The van der Waals surface area contributed by atoms with E-state index in [1.54, 1.807) is 24.3 Å². The standard InChI is InChI=1S/C15H14BrClN4O2/c16-10-1-2-12(17)11(7-10)15(22)20-13-8-14(19-9-18-13)21-3-5-23-6-4-21/h1-2,7-9H,3-6H2,(H,18,19,20,22). The molecule has 2 aromatic rings. The third kappa shape index (κ3) is 3.99. The molecule has 6 nitrogen and oxygen atoms in total. The van der Waals surface area contributed by atoms with Gasteiger partial charge in [-0.1, -0.05) is 27.5 Å². The maximum absolute atomic E-state index is 12.4. The minimum absolute atomic E-state index is 0.317. The molecule has 1 fully saturated rings. The Labute approximate surface area is 147 Å². The number of nitrogens with zero attached hydrogens (tertiary/aromatic N) is 3. The van der Waals surface area contributed by atoms with Crippen molar-refractivity contribution in [2.24, 2.45) is 0 Å². The number of ether oxygens (including phenoxy) is 1. The molecule has 0 saturated carbocycles. The average molecular weight is 398 g/mol. The van der Waals surface area contributed by atoms with Crippen LogP contribution in [0.5, 0.6) is 0 Å². The van der Waals surface area contributed by atoms with E-state index in [-0.39, 0.29) is 5.91 Å². The second kappa shape index (κ2) is 7.25. The van der Waals surface area contributed by atoms with Crippen molar-refractivity contribution in [1.29, 1.82) is 0 Å². The molecule has 2 heterocycles. The Bertz CT molecular complexity index is 722. The lowest BCUT2D eigenvalue weighted by Gasteiger charge is -2.27. The molecule has 1 aliphatic rings. The summed E-state index contributed by atoms with van der Waals surface area (Å²) < 4.78 is 6.11. The van der Waals surface area contributed by atoms with Gasteiger partial charge < -0.3 is 15.0 Å². The predicted octanol–water partition coefficient (Wildman–Crippen LogP) is 2.98. The molecule has 1 saturated heterocycles. The molecule has 0 aliphatic carbocycles. The summed E-state index contributed by atoms with van der Waals surface area (Å²) in [5.41, 5.74) is 0.382. The zero-order valence-corrected chi connectivity index (χ0v) is 14.5. The van der Waals surface area contributed by atoms with Crippen molar-refractivity contribution in [1.82, 2.24) is 9.97 Å². The lowest BCUT2D eigenvalue weighted by atomic mass is 10.2. The van der Waals surface area contributed by atoms with Crippen LogP contribution in [-0.2, 0) is 4.74 Å². The zero-order valence-electron chi connectivity index (χ0n) is 12.1. The van der Waals surface area contributed by atoms with Gasteiger partial charge >= 0.3 is 0 Å². The Kier molecular flexibility index (Phi) is 5.09. The molecule has 120 valence electrons. The monoisotopic (exact) mass is 396 g/mol. The van der Waals surface area contributed by atoms with E-state index in [0.29, 0.717) is 29.6 Å². The number of aromatic nitrogens is 2. The van der Waals surface area contributed by atoms with E-state index in [0.717, 1.165) is 23.4 Å². The topological polar surface area (TPSA) is 67.4 Å². The number of amides is 1. The first-order chi connectivity index (χ1) is 11.1. The molecule has 8 heteroatoms. The second-order valence-electron chi connectivity index (χ2n) is 4.94. The molecule has 0 bridgehead atoms. The number of rotatable bonds is 3. The summed E-state index contributed by atoms with van der Waals surface area (Å²) in [5.74, 6) is 0.879. The molecule has 1 aliphatic heterocycles. The second-order valence-corrected chi connectivity index (χ2v) is 6.26. The molecule has 1 amide bonds. The van der Waals surface area contributed by atoms with Gasteiger partial charge in [0.1, 0.15) is 18.0 Å². The number of carbonyl (C=O) groups is 1. The molecule has 1 aromatic heterocycles. The van der Waals surface area contributed by atoms with Gasteiger partial charge in [0, 0.05) is 23.6 Å². The van der Waals surface area contributed by atoms with Crippen molar-refractivity contribution in [3.8, 4) is 0 Å². The van der Waals surface area contributed by atoms with Gasteiger partial charge in [-0.2, -0.15) is 0 Å². The van der Waals surface area contributed by atoms with Crippen molar-refractivity contribution < 1.29 is 9.53 Å². The average Bonchev–Trinajstić information content (AvgIpc) is 2.58. The van der Waals surface area contributed by atoms with Crippen LogP contribution in [0.3, 0.4) is 0 Å². The molecule has 3 rings (SSSR count). The van der Waals surface area contributed by atoms with Gasteiger partial charge in [-0.15, -0.1) is 0 Å². The summed E-state index contributed by atoms with van der Waals surface area (Å²) in [5, 5.41) is 3.14. The number of benzene rings is 1. The number of anilines is 2. The van der Waals surface area contributed by atoms with E-state index in [1.807, 2.05) is 0 Å². The van der Waals surface area contributed by atoms with E-state index in [2.05, 4.69) is 36.1 Å². The Hall–Kier alpha value is -1.70. The van der Waals surface area contributed by atoms with E-state index in [9.17, 15) is 4.79 Å². The summed E-state index contributed by atoms with van der Waals surface area (Å²) in [6, 6.07) is 6.86. The van der Waals surface area contributed by atoms with Crippen LogP contribution in [0.15, 0.2) is 35.1 Å². The molecular formula is C15H14BrClN4O2. The van der Waals surface area contributed by atoms with Crippen LogP contribution >= 0.6 is 27.5 Å². The van der Waals surface area contributed by atoms with Crippen LogP contribution in [0.4, 0.5) is 11.6 Å². The molecular weight excluding hydrogens is 384 g/mol. The summed E-state index contributed by atoms with van der Waals surface area (Å²) in [7, 11) is 0. The van der Waals surface area contributed by atoms with Crippen molar-refractivity contribution in [2.75, 3.05) is 36.5 Å². The fourth-order valence-electron chi connectivity index (χ4n) is 2.24. The summed E-state index contributed by atoms with van der Waals surface area (Å²) >= 11 is 9.40. The minimum atomic E-state index is -0.317. The van der Waals surface area contributed by atoms with Crippen LogP contribution in [0.1, 0.15) is 10.4 Å². The molecule has 0 atom stereocenters. The van der Waals surface area contributed by atoms with Gasteiger partial charge in [-0.25, -0.2) is 9.97 Å². The van der Waals surface area contributed by atoms with Crippen molar-refractivity contribution in [3.05, 3.63) is 45.7 Å². The van der Waals surface area contributed by atoms with E-state index in [1.165, 1.54) is 6.33 Å². The Morgan fingerprint density at radius 3 is 2.83 bits per heavy atom. The van der Waals surface area contributed by atoms with Gasteiger partial charge in [-0.05, 0) is 18.2 Å². The van der Waals surface area contributed by atoms with Crippen LogP contribution < -0.4 is 10.2 Å². The van der Waals surface area contributed by atoms with Gasteiger partial charge in [-0.3, -0.25) is 4.79 Å². The Morgan fingerprint density at radius 2 is 2.04 bits per heavy atom. The molecule has 0 unspecified atom stereocenters. The summed E-state index contributed by atoms with van der Waals surface area (Å²) in [6.45, 7) is 2.86. The van der Waals surface area contributed by atoms with Crippen molar-refractivity contribution >= 4 is 45.1 Å². The Balaban J connectivity index is 1.77. The van der Waals surface area contributed by atoms with Crippen molar-refractivity contribution in [2.45, 2.75) is 0 Å². The van der Waals surface area contributed by atoms with Gasteiger partial charge in [0.15, 0.2) is 0 Å². The SMILES string of the molecule is O=C(Nc1cc(N2CCOCC2)ncn1)c1cc(Br)ccc1Cl. The van der Waals surface area contributed by atoms with Gasteiger partial charge in [0.05, 0.1) is 23.8 Å². The smallest absolute Gasteiger partial charge is 0.258 e. The van der Waals surface area contributed by atoms with Gasteiger partial charge in [0.25, 0.3) is 5.91 Å². The first-order valence-corrected chi connectivity index (χ1v) is 8.22. The fraction of sp³-hybridized carbons (Fsp3) is 0.267. The quantitative estimate of drug-likeness (QED) is 0.862. The number of nitrogens with one attached hydrogen (secondary N) is 1. The van der Waals surface area contributed by atoms with Crippen LogP contribution in [-0.4, -0.2) is 42.2 Å². The first-order valence-electron chi connectivity index (χ1n) is 7.04. The highest BCUT2D eigenvalue weighted by Gasteiger charge is 2.15. The van der Waals surface area contributed by atoms with E-state index in [4.69, 9.17) is 16.3 Å². The zero-order chi connectivity index (χ0) is 16.2. The van der Waals surface area contributed by atoms with Crippen LogP contribution in [0.2, 0.25) is 5.02 Å². The number of hydrogen-bond acceptors (Lipinski definition) is 5. The Morgan fingerprint density at radius 1 is 1.26 bits per heavy atom. The number of morpholine rings is 1. The summed E-state index contributed by atoms with van der Waals surface area (Å²) in [4.78, 5) is 22.8. The highest BCUT2D eigenvalue weighted by Crippen LogP contribution is 2.22. The maximum Gasteiger partial charge on any atom is 0.258 e. The highest BCUT2D eigenvalue weighted by atomic mass is 79.9. The van der Waals surface area contributed by atoms with Crippen LogP contribution in [0.25, 0.3) is 0 Å². The third-order valence-electron chi connectivity index (χ3n) is 3.40. The van der Waals surface area contributed by atoms with Crippen molar-refractivity contribution in [3.63, 3.8) is 0 Å². The lowest BCUT2D eigenvalue weighted by molar-refractivity contribution is 0.102. The molecule has 0 radical (unpaired) electrons. The fourth-order valence-corrected chi connectivity index (χ4v) is 2.80. The van der Waals surface area contributed by atoms with E-state index < -0.39 is 0 Å². The van der Waals surface area contributed by atoms with Gasteiger partial charge in [0.2, 0.25) is 0 Å². The lowest BCUT2D eigenvalue weighted by Crippen LogP contribution is -2.36. The van der Waals surface area contributed by atoms with Crippen LogP contribution in [0, 0.1) is 0 Å². The maximum atomic E-state index is 12.4. The predicted molar refractivity (Wildman–Crippen MR) is 92.2 cm³/mol. The molecule has 0 spiro atoms. The molecule has 1 aromatic carbocycles. The molecule has 23 heavy (non-hydrogen) atoms. The van der Waals surface area contributed by atoms with E-state index >= 15 is 0 Å². The molecule has 1 N–H and O–H groups in total. The number of halogens is 2. The summed E-state index contributed by atoms with van der Waals surface area (Å²) in [6.07, 6.45) is 1.43.